The lowest BCUT2D eigenvalue weighted by molar-refractivity contribution is 0.711. The molecule has 0 aliphatic heterocycles. The van der Waals surface area contributed by atoms with Crippen molar-refractivity contribution in [2.45, 2.75) is 40.5 Å². The SMILES string of the molecule is CCc1nn(-c2nnc(C)c(C)n2)c(CC)c1N. The van der Waals surface area contributed by atoms with Gasteiger partial charge in [-0.15, -0.1) is 5.10 Å². The highest BCUT2D eigenvalue weighted by molar-refractivity contribution is 5.50. The van der Waals surface area contributed by atoms with Crippen molar-refractivity contribution < 1.29 is 0 Å². The van der Waals surface area contributed by atoms with Gasteiger partial charge in [0.25, 0.3) is 5.95 Å². The van der Waals surface area contributed by atoms with Crippen molar-refractivity contribution in [3.8, 4) is 5.95 Å². The molecule has 0 saturated carbocycles. The summed E-state index contributed by atoms with van der Waals surface area (Å²) < 4.78 is 1.70. The minimum Gasteiger partial charge on any atom is -0.396 e. The van der Waals surface area contributed by atoms with Gasteiger partial charge in [-0.25, -0.2) is 4.98 Å². The first-order valence-corrected chi connectivity index (χ1v) is 6.13. The number of hydrogen-bond acceptors (Lipinski definition) is 5. The number of nitrogens with two attached hydrogens (primary N) is 1. The van der Waals surface area contributed by atoms with Gasteiger partial charge in [-0.2, -0.15) is 14.9 Å². The summed E-state index contributed by atoms with van der Waals surface area (Å²) in [7, 11) is 0. The zero-order chi connectivity index (χ0) is 13.3. The van der Waals surface area contributed by atoms with Gasteiger partial charge in [-0.3, -0.25) is 0 Å². The van der Waals surface area contributed by atoms with Crippen molar-refractivity contribution in [2.24, 2.45) is 0 Å². The molecule has 0 aromatic carbocycles. The van der Waals surface area contributed by atoms with Crippen LogP contribution in [0.15, 0.2) is 0 Å². The van der Waals surface area contributed by atoms with Gasteiger partial charge in [-0.05, 0) is 26.7 Å². The molecular formula is C12H18N6. The van der Waals surface area contributed by atoms with E-state index < -0.39 is 0 Å². The summed E-state index contributed by atoms with van der Waals surface area (Å²) in [6.07, 6.45) is 1.58. The summed E-state index contributed by atoms with van der Waals surface area (Å²) in [6.45, 7) is 7.86. The number of nitrogens with zero attached hydrogens (tertiary/aromatic N) is 5. The van der Waals surface area contributed by atoms with E-state index in [-0.39, 0.29) is 0 Å². The van der Waals surface area contributed by atoms with Crippen molar-refractivity contribution in [1.29, 1.82) is 0 Å². The Hall–Kier alpha value is -1.98. The lowest BCUT2D eigenvalue weighted by Crippen LogP contribution is -2.10. The van der Waals surface area contributed by atoms with Crippen LogP contribution < -0.4 is 5.73 Å². The Balaban J connectivity index is 2.59. The second kappa shape index (κ2) is 4.72. The number of nitrogen functional groups attached to an aromatic ring is 1. The molecular weight excluding hydrogens is 228 g/mol. The molecule has 18 heavy (non-hydrogen) atoms. The molecule has 96 valence electrons. The molecule has 0 fully saturated rings. The highest BCUT2D eigenvalue weighted by Gasteiger charge is 2.16. The lowest BCUT2D eigenvalue weighted by Gasteiger charge is -2.05. The fraction of sp³-hybridized carbons (Fsp3) is 0.500. The van der Waals surface area contributed by atoms with Crippen molar-refractivity contribution >= 4 is 5.69 Å². The van der Waals surface area contributed by atoms with Crippen molar-refractivity contribution in [3.05, 3.63) is 22.8 Å². The number of aryl methyl sites for hydroxylation is 3. The maximum Gasteiger partial charge on any atom is 0.270 e. The third-order valence-corrected chi connectivity index (χ3v) is 3.04. The molecule has 0 aliphatic rings. The molecule has 0 saturated heterocycles. The van der Waals surface area contributed by atoms with Gasteiger partial charge < -0.3 is 5.73 Å². The summed E-state index contributed by atoms with van der Waals surface area (Å²) >= 11 is 0. The molecule has 2 heterocycles. The smallest absolute Gasteiger partial charge is 0.270 e. The number of aromatic nitrogens is 5. The van der Waals surface area contributed by atoms with E-state index in [1.54, 1.807) is 4.68 Å². The fourth-order valence-electron chi connectivity index (χ4n) is 1.82. The van der Waals surface area contributed by atoms with E-state index in [0.29, 0.717) is 5.95 Å². The minimum atomic E-state index is 0.487. The first-order valence-electron chi connectivity index (χ1n) is 6.13. The second-order valence-corrected chi connectivity index (χ2v) is 4.21. The van der Waals surface area contributed by atoms with Gasteiger partial charge in [0.2, 0.25) is 0 Å². The summed E-state index contributed by atoms with van der Waals surface area (Å²) in [6, 6.07) is 0. The van der Waals surface area contributed by atoms with Crippen LogP contribution in [0.1, 0.15) is 36.6 Å². The molecule has 2 N–H and O–H groups in total. The van der Waals surface area contributed by atoms with Gasteiger partial charge in [-0.1, -0.05) is 13.8 Å². The van der Waals surface area contributed by atoms with Crippen LogP contribution in [0.2, 0.25) is 0 Å². The van der Waals surface area contributed by atoms with Gasteiger partial charge in [0.15, 0.2) is 0 Å². The molecule has 0 bridgehead atoms. The van der Waals surface area contributed by atoms with Crippen LogP contribution in [-0.2, 0) is 12.8 Å². The van der Waals surface area contributed by atoms with E-state index in [9.17, 15) is 0 Å². The quantitative estimate of drug-likeness (QED) is 0.884. The van der Waals surface area contributed by atoms with E-state index in [4.69, 9.17) is 5.73 Å². The van der Waals surface area contributed by atoms with Crippen LogP contribution >= 0.6 is 0 Å². The molecule has 6 heteroatoms. The van der Waals surface area contributed by atoms with Crippen LogP contribution in [0.5, 0.6) is 0 Å². The Bertz CT molecular complexity index is 572. The Labute approximate surface area is 106 Å². The van der Waals surface area contributed by atoms with Crippen molar-refractivity contribution in [3.63, 3.8) is 0 Å². The molecule has 0 amide bonds. The van der Waals surface area contributed by atoms with Crippen molar-refractivity contribution in [1.82, 2.24) is 25.0 Å². The van der Waals surface area contributed by atoms with E-state index in [2.05, 4.69) is 20.3 Å². The third kappa shape index (κ3) is 1.94. The first kappa shape index (κ1) is 12.5. The summed E-state index contributed by atoms with van der Waals surface area (Å²) in [5.74, 6) is 0.487. The largest absolute Gasteiger partial charge is 0.396 e. The van der Waals surface area contributed by atoms with Gasteiger partial charge >= 0.3 is 0 Å². The van der Waals surface area contributed by atoms with Crippen LogP contribution in [0.3, 0.4) is 0 Å². The third-order valence-electron chi connectivity index (χ3n) is 3.04. The van der Waals surface area contributed by atoms with E-state index in [0.717, 1.165) is 41.3 Å². The molecule has 0 aliphatic carbocycles. The predicted octanol–water partition coefficient (Wildman–Crippen LogP) is 1.38. The highest BCUT2D eigenvalue weighted by Crippen LogP contribution is 2.20. The van der Waals surface area contributed by atoms with E-state index in [1.807, 2.05) is 27.7 Å². The summed E-state index contributed by atoms with van der Waals surface area (Å²) in [4.78, 5) is 4.41. The molecule has 0 radical (unpaired) electrons. The monoisotopic (exact) mass is 246 g/mol. The molecule has 2 rings (SSSR count). The van der Waals surface area contributed by atoms with Crippen LogP contribution in [0, 0.1) is 13.8 Å². The molecule has 0 atom stereocenters. The fourth-order valence-corrected chi connectivity index (χ4v) is 1.82. The zero-order valence-corrected chi connectivity index (χ0v) is 11.2. The van der Waals surface area contributed by atoms with E-state index >= 15 is 0 Å². The zero-order valence-electron chi connectivity index (χ0n) is 11.2. The Morgan fingerprint density at radius 2 is 1.78 bits per heavy atom. The summed E-state index contributed by atoms with van der Waals surface area (Å²) in [5, 5.41) is 12.6. The average Bonchev–Trinajstić information content (AvgIpc) is 2.69. The van der Waals surface area contributed by atoms with Crippen molar-refractivity contribution in [2.75, 3.05) is 5.73 Å². The van der Waals surface area contributed by atoms with Gasteiger partial charge in [0.05, 0.1) is 28.5 Å². The molecule has 2 aromatic heterocycles. The van der Waals surface area contributed by atoms with Gasteiger partial charge in [0, 0.05) is 0 Å². The maximum atomic E-state index is 6.07. The number of anilines is 1. The molecule has 0 unspecified atom stereocenters. The topological polar surface area (TPSA) is 82.5 Å². The average molecular weight is 246 g/mol. The highest BCUT2D eigenvalue weighted by atomic mass is 15.4. The number of hydrogen-bond donors (Lipinski definition) is 1. The summed E-state index contributed by atoms with van der Waals surface area (Å²) in [5.41, 5.74) is 10.3. The van der Waals surface area contributed by atoms with Crippen LogP contribution in [0.4, 0.5) is 5.69 Å². The van der Waals surface area contributed by atoms with Crippen LogP contribution in [0.25, 0.3) is 5.95 Å². The van der Waals surface area contributed by atoms with Crippen LogP contribution in [-0.4, -0.2) is 25.0 Å². The lowest BCUT2D eigenvalue weighted by atomic mass is 10.2. The first-order chi connectivity index (χ1) is 8.58. The minimum absolute atomic E-state index is 0.487. The Morgan fingerprint density at radius 3 is 2.33 bits per heavy atom. The second-order valence-electron chi connectivity index (χ2n) is 4.21. The normalized spacial score (nSPS) is 10.9. The molecule has 6 nitrogen and oxygen atoms in total. The van der Waals surface area contributed by atoms with Gasteiger partial charge in [0.1, 0.15) is 0 Å². The molecule has 0 spiro atoms. The Morgan fingerprint density at radius 1 is 1.06 bits per heavy atom. The Kier molecular flexibility index (Phi) is 3.27. The number of rotatable bonds is 3. The molecule has 2 aromatic rings. The maximum absolute atomic E-state index is 6.07. The standard InChI is InChI=1S/C12H18N6/c1-5-9-11(13)10(6-2)18(17-9)12-14-7(3)8(4)15-16-12/h5-6,13H2,1-4H3. The predicted molar refractivity (Wildman–Crippen MR) is 69.6 cm³/mol. The van der Waals surface area contributed by atoms with E-state index in [1.165, 1.54) is 0 Å².